The molecule has 9 heteroatoms. The van der Waals surface area contributed by atoms with Gasteiger partial charge in [0.15, 0.2) is 40.1 Å². The van der Waals surface area contributed by atoms with E-state index in [0.717, 1.165) is 17.6 Å². The number of allylic oxidation sites excluding steroid dienone is 4. The number of carbonyl (C=O) groups excluding carboxylic acids is 1. The van der Waals surface area contributed by atoms with Crippen molar-refractivity contribution in [2.45, 2.75) is 92.9 Å². The molecule has 0 aliphatic carbocycles. The third kappa shape index (κ3) is 6.50. The maximum Gasteiger partial charge on any atom is 0.394 e. The molecule has 42 heavy (non-hydrogen) atoms. The molecule has 9 nitrogen and oxygen atoms in total. The molecule has 0 fully saturated rings. The van der Waals surface area contributed by atoms with E-state index in [0.29, 0.717) is 30.4 Å². The van der Waals surface area contributed by atoms with Gasteiger partial charge in [0, 0.05) is 22.3 Å². The summed E-state index contributed by atoms with van der Waals surface area (Å²) in [5.41, 5.74) is 3.85. The monoisotopic (exact) mass is 581 g/mol. The largest absolute Gasteiger partial charge is 0.504 e. The van der Waals surface area contributed by atoms with Crippen molar-refractivity contribution >= 4 is 17.1 Å². The van der Waals surface area contributed by atoms with Crippen molar-refractivity contribution in [3.05, 3.63) is 51.4 Å². The second-order valence-corrected chi connectivity index (χ2v) is 11.4. The van der Waals surface area contributed by atoms with Gasteiger partial charge in [-0.3, -0.25) is 0 Å². The van der Waals surface area contributed by atoms with Gasteiger partial charge in [-0.2, -0.15) is 0 Å². The fourth-order valence-corrected chi connectivity index (χ4v) is 5.05. The number of phenols is 4. The number of benzene rings is 2. The SMILES string of the molecule is COC(=O)c1nc2c(C)c(O)c(Oc3c(C)c(O)c(O)c([C@H](C)CCC=C(C)C)c3O)c([C@H](C)CCC=C(C)C)c2o1. The molecule has 0 radical (unpaired) electrons. The molecule has 0 aliphatic rings. The van der Waals surface area contributed by atoms with Gasteiger partial charge >= 0.3 is 11.9 Å². The summed E-state index contributed by atoms with van der Waals surface area (Å²) in [5, 5.41) is 44.5. The summed E-state index contributed by atoms with van der Waals surface area (Å²) in [5.74, 6) is -3.12. The van der Waals surface area contributed by atoms with Gasteiger partial charge in [-0.1, -0.05) is 37.1 Å². The van der Waals surface area contributed by atoms with E-state index >= 15 is 0 Å². The van der Waals surface area contributed by atoms with Crippen LogP contribution in [0.5, 0.6) is 34.5 Å². The number of aromatic nitrogens is 1. The Balaban J connectivity index is 2.26. The first-order valence-electron chi connectivity index (χ1n) is 14.2. The molecule has 3 rings (SSSR count). The number of aromatic hydroxyl groups is 4. The first kappa shape index (κ1) is 32.4. The second kappa shape index (κ2) is 13.2. The van der Waals surface area contributed by atoms with Crippen LogP contribution in [-0.2, 0) is 4.74 Å². The molecule has 0 amide bonds. The van der Waals surface area contributed by atoms with Crippen LogP contribution in [0.25, 0.3) is 11.1 Å². The van der Waals surface area contributed by atoms with Crippen LogP contribution >= 0.6 is 0 Å². The van der Waals surface area contributed by atoms with Crippen LogP contribution in [0.1, 0.15) is 112 Å². The standard InChI is InChI=1S/C33H43NO8/c1-16(2)12-10-14-18(5)22-27(37)25(35)21(8)29(28(22)38)41-31-23(19(6)15-11-13-17(3)4)30-24(20(7)26(31)36)34-32(42-30)33(39)40-9/h12-13,18-19,35-38H,10-11,14-15H2,1-9H3/t18-,19-/m1/s1. The average molecular weight is 582 g/mol. The van der Waals surface area contributed by atoms with Gasteiger partial charge in [-0.25, -0.2) is 9.78 Å². The number of aryl methyl sites for hydroxylation is 1. The summed E-state index contributed by atoms with van der Waals surface area (Å²) in [4.78, 5) is 16.6. The van der Waals surface area contributed by atoms with Crippen molar-refractivity contribution in [2.24, 2.45) is 0 Å². The number of phenolic OH excluding ortho intramolecular Hbond substituents is 4. The minimum absolute atomic E-state index is 0.00361. The predicted molar refractivity (Wildman–Crippen MR) is 162 cm³/mol. The number of hydrogen-bond acceptors (Lipinski definition) is 9. The molecule has 0 aliphatic heterocycles. The molecule has 4 N–H and O–H groups in total. The van der Waals surface area contributed by atoms with Gasteiger partial charge in [0.05, 0.1) is 7.11 Å². The number of nitrogens with zero attached hydrogens (tertiary/aromatic N) is 1. The number of rotatable bonds is 11. The summed E-state index contributed by atoms with van der Waals surface area (Å²) in [6.07, 6.45) is 6.85. The molecule has 1 heterocycles. The smallest absolute Gasteiger partial charge is 0.394 e. The van der Waals surface area contributed by atoms with Crippen molar-refractivity contribution in [3.8, 4) is 34.5 Å². The molecule has 0 saturated carbocycles. The molecule has 1 aromatic heterocycles. The molecule has 3 aromatic rings. The number of oxazole rings is 1. The van der Waals surface area contributed by atoms with Crippen molar-refractivity contribution in [1.29, 1.82) is 0 Å². The first-order chi connectivity index (χ1) is 19.7. The topological polar surface area (TPSA) is 142 Å². The fraction of sp³-hybridized carbons (Fsp3) is 0.455. The molecular formula is C33H43NO8. The lowest BCUT2D eigenvalue weighted by molar-refractivity contribution is 0.0558. The lowest BCUT2D eigenvalue weighted by Crippen LogP contribution is -2.03. The van der Waals surface area contributed by atoms with E-state index in [1.807, 2.05) is 41.5 Å². The summed E-state index contributed by atoms with van der Waals surface area (Å²) >= 11 is 0. The van der Waals surface area contributed by atoms with Crippen LogP contribution in [0.4, 0.5) is 0 Å². The quantitative estimate of drug-likeness (QED) is 0.0758. The first-order valence-corrected chi connectivity index (χ1v) is 14.2. The molecule has 0 bridgehead atoms. The minimum Gasteiger partial charge on any atom is -0.504 e. The number of esters is 1. The average Bonchev–Trinajstić information content (AvgIpc) is 3.37. The number of hydrogen-bond donors (Lipinski definition) is 4. The number of carbonyl (C=O) groups is 1. The molecular weight excluding hydrogens is 538 g/mol. The Hall–Kier alpha value is -4.14. The lowest BCUT2D eigenvalue weighted by atomic mass is 9.91. The maximum absolute atomic E-state index is 12.3. The van der Waals surface area contributed by atoms with E-state index < -0.39 is 17.5 Å². The van der Waals surface area contributed by atoms with Crippen LogP contribution in [0.3, 0.4) is 0 Å². The summed E-state index contributed by atoms with van der Waals surface area (Å²) in [6, 6.07) is 0. The minimum atomic E-state index is -0.764. The molecule has 228 valence electrons. The Morgan fingerprint density at radius 2 is 1.36 bits per heavy atom. The van der Waals surface area contributed by atoms with Crippen LogP contribution < -0.4 is 4.74 Å². The number of ether oxygens (including phenoxy) is 2. The highest BCUT2D eigenvalue weighted by atomic mass is 16.5. The lowest BCUT2D eigenvalue weighted by Gasteiger charge is -2.23. The van der Waals surface area contributed by atoms with Crippen LogP contribution in [0, 0.1) is 13.8 Å². The highest BCUT2D eigenvalue weighted by Gasteiger charge is 2.32. The van der Waals surface area contributed by atoms with Crippen molar-refractivity contribution in [3.63, 3.8) is 0 Å². The van der Waals surface area contributed by atoms with Crippen molar-refractivity contribution in [1.82, 2.24) is 4.98 Å². The maximum atomic E-state index is 12.3. The molecule has 0 spiro atoms. The van der Waals surface area contributed by atoms with Crippen LogP contribution in [0.2, 0.25) is 0 Å². The molecule has 0 unspecified atom stereocenters. The van der Waals surface area contributed by atoms with Gasteiger partial charge in [-0.15, -0.1) is 0 Å². The fourth-order valence-electron chi connectivity index (χ4n) is 5.05. The normalized spacial score (nSPS) is 12.6. The Labute approximate surface area is 247 Å². The Morgan fingerprint density at radius 3 is 1.88 bits per heavy atom. The Bertz CT molecular complexity index is 1540. The van der Waals surface area contributed by atoms with E-state index in [-0.39, 0.29) is 63.0 Å². The predicted octanol–water partition coefficient (Wildman–Crippen LogP) is 8.55. The van der Waals surface area contributed by atoms with Gasteiger partial charge in [0.25, 0.3) is 0 Å². The van der Waals surface area contributed by atoms with Crippen molar-refractivity contribution < 1.29 is 39.1 Å². The van der Waals surface area contributed by atoms with Crippen LogP contribution in [0.15, 0.2) is 27.7 Å². The summed E-state index contributed by atoms with van der Waals surface area (Å²) in [7, 11) is 1.22. The third-order valence-corrected chi connectivity index (χ3v) is 7.54. The van der Waals surface area contributed by atoms with Gasteiger partial charge in [-0.05, 0) is 79.1 Å². The zero-order valence-electron chi connectivity index (χ0n) is 26.0. The number of methoxy groups -OCH3 is 1. The second-order valence-electron chi connectivity index (χ2n) is 11.4. The van der Waals surface area contributed by atoms with Crippen molar-refractivity contribution in [2.75, 3.05) is 7.11 Å². The van der Waals surface area contributed by atoms with Gasteiger partial charge in [0.1, 0.15) is 5.52 Å². The van der Waals surface area contributed by atoms with Crippen LogP contribution in [-0.4, -0.2) is 38.5 Å². The van der Waals surface area contributed by atoms with Gasteiger partial charge in [0.2, 0.25) is 0 Å². The highest BCUT2D eigenvalue weighted by Crippen LogP contribution is 2.54. The Morgan fingerprint density at radius 1 is 0.810 bits per heavy atom. The zero-order valence-corrected chi connectivity index (χ0v) is 26.0. The van der Waals surface area contributed by atoms with E-state index in [2.05, 4.69) is 17.1 Å². The molecule has 0 saturated heterocycles. The van der Waals surface area contributed by atoms with E-state index in [9.17, 15) is 25.2 Å². The summed E-state index contributed by atoms with van der Waals surface area (Å²) < 4.78 is 17.0. The Kier molecular flexibility index (Phi) is 10.2. The molecule has 2 aromatic carbocycles. The van der Waals surface area contributed by atoms with E-state index in [4.69, 9.17) is 13.9 Å². The third-order valence-electron chi connectivity index (χ3n) is 7.54. The molecule has 2 atom stereocenters. The van der Waals surface area contributed by atoms with E-state index in [1.165, 1.54) is 14.0 Å². The number of fused-ring (bicyclic) bond motifs is 1. The van der Waals surface area contributed by atoms with E-state index in [1.54, 1.807) is 6.92 Å². The highest BCUT2D eigenvalue weighted by molar-refractivity contribution is 5.92. The van der Waals surface area contributed by atoms with Gasteiger partial charge < -0.3 is 34.3 Å². The zero-order chi connectivity index (χ0) is 31.5. The summed E-state index contributed by atoms with van der Waals surface area (Å²) in [6.45, 7) is 14.9.